The summed E-state index contributed by atoms with van der Waals surface area (Å²) < 4.78 is 56.4. The van der Waals surface area contributed by atoms with E-state index in [-0.39, 0.29) is 23.2 Å². The minimum Gasteiger partial charge on any atom is -0.405 e. The van der Waals surface area contributed by atoms with E-state index < -0.39 is 17.9 Å². The fraction of sp³-hybridized carbons (Fsp3) is 0.261. The summed E-state index contributed by atoms with van der Waals surface area (Å²) in [7, 11) is 0. The molecule has 0 amide bonds. The monoisotopic (exact) mass is 472 g/mol. The van der Waals surface area contributed by atoms with Crippen molar-refractivity contribution >= 4 is 22.9 Å². The third-order valence-electron chi connectivity index (χ3n) is 5.64. The van der Waals surface area contributed by atoms with Crippen LogP contribution in [0.5, 0.6) is 5.75 Å². The Morgan fingerprint density at radius 1 is 0.971 bits per heavy atom. The molecule has 1 fully saturated rings. The van der Waals surface area contributed by atoms with Gasteiger partial charge in [0.2, 0.25) is 5.95 Å². The first-order chi connectivity index (χ1) is 16.3. The molecule has 1 aliphatic rings. The number of ether oxygens (including phenoxy) is 1. The quantitative estimate of drug-likeness (QED) is 0.321. The number of anilines is 2. The number of pyridine rings is 2. The van der Waals surface area contributed by atoms with Crippen molar-refractivity contribution in [2.75, 3.05) is 10.6 Å². The zero-order chi connectivity index (χ0) is 23.7. The van der Waals surface area contributed by atoms with Crippen molar-refractivity contribution < 1.29 is 22.3 Å². The molecular weight excluding hydrogens is 452 g/mol. The fourth-order valence-corrected chi connectivity index (χ4v) is 4.18. The molecule has 2 atom stereocenters. The molecule has 0 spiro atoms. The minimum absolute atomic E-state index is 0.149. The Morgan fingerprint density at radius 2 is 1.79 bits per heavy atom. The molecule has 1 saturated carbocycles. The minimum atomic E-state index is -4.93. The highest BCUT2D eigenvalue weighted by Crippen LogP contribution is 2.36. The lowest BCUT2D eigenvalue weighted by atomic mass is 10.1. The van der Waals surface area contributed by atoms with E-state index in [4.69, 9.17) is 0 Å². The lowest BCUT2D eigenvalue weighted by Crippen LogP contribution is -2.21. The van der Waals surface area contributed by atoms with Crippen LogP contribution in [0.15, 0.2) is 54.9 Å². The maximum Gasteiger partial charge on any atom is 0.573 e. The van der Waals surface area contributed by atoms with Crippen molar-refractivity contribution in [2.45, 2.75) is 37.7 Å². The number of nitrogens with zero attached hydrogens (tertiary/aromatic N) is 3. The number of imidazole rings is 1. The smallest absolute Gasteiger partial charge is 0.405 e. The summed E-state index contributed by atoms with van der Waals surface area (Å²) in [6, 6.07) is 10.6. The third kappa shape index (κ3) is 4.87. The molecule has 3 N–H and O–H groups in total. The van der Waals surface area contributed by atoms with Crippen molar-refractivity contribution in [1.29, 1.82) is 0 Å². The first kappa shape index (κ1) is 21.9. The van der Waals surface area contributed by atoms with Crippen LogP contribution in [0.25, 0.3) is 22.3 Å². The summed E-state index contributed by atoms with van der Waals surface area (Å²) in [5.41, 5.74) is 1.41. The highest BCUT2D eigenvalue weighted by Gasteiger charge is 2.33. The van der Waals surface area contributed by atoms with Gasteiger partial charge in [0, 0.05) is 30.0 Å². The fourth-order valence-electron chi connectivity index (χ4n) is 4.18. The Labute approximate surface area is 191 Å². The Kier molecular flexibility index (Phi) is 5.68. The van der Waals surface area contributed by atoms with Crippen LogP contribution in [-0.2, 0) is 0 Å². The van der Waals surface area contributed by atoms with Crippen LogP contribution < -0.4 is 15.4 Å². The maximum atomic E-state index is 14.3. The average Bonchev–Trinajstić information content (AvgIpc) is 3.40. The molecule has 3 aromatic heterocycles. The summed E-state index contributed by atoms with van der Waals surface area (Å²) >= 11 is 0. The normalized spacial score (nSPS) is 18.2. The third-order valence-corrected chi connectivity index (χ3v) is 5.64. The second kappa shape index (κ2) is 8.81. The van der Waals surface area contributed by atoms with E-state index in [2.05, 4.69) is 35.3 Å². The first-order valence-corrected chi connectivity index (χ1v) is 10.7. The van der Waals surface area contributed by atoms with Crippen LogP contribution in [0.2, 0.25) is 0 Å². The van der Waals surface area contributed by atoms with E-state index in [9.17, 15) is 17.6 Å². The molecule has 176 valence electrons. The molecule has 0 unspecified atom stereocenters. The number of benzene rings is 1. The van der Waals surface area contributed by atoms with E-state index in [0.29, 0.717) is 17.4 Å². The zero-order valence-electron chi connectivity index (χ0n) is 17.7. The predicted molar refractivity (Wildman–Crippen MR) is 119 cm³/mol. The topological polar surface area (TPSA) is 87.8 Å². The van der Waals surface area contributed by atoms with Gasteiger partial charge in [0.25, 0.3) is 0 Å². The standard InChI is InChI=1S/C23H20F4N6O/c24-16-3-1-5-18(34-23(25,26)27)20(16)13-6-9-19(29-12-13)30-14-7-8-15(11-14)31-22-32-17-4-2-10-28-21(17)33-22/h1-6,9-10,12,14-15H,7-8,11H2,(H,29,30)(H2,28,31,32,33)/t14-,15-/m0/s1. The van der Waals surface area contributed by atoms with E-state index in [1.165, 1.54) is 12.3 Å². The zero-order valence-corrected chi connectivity index (χ0v) is 17.7. The molecule has 1 aliphatic carbocycles. The van der Waals surface area contributed by atoms with Gasteiger partial charge in [0.1, 0.15) is 17.4 Å². The largest absolute Gasteiger partial charge is 0.573 e. The van der Waals surface area contributed by atoms with Crippen LogP contribution in [0.3, 0.4) is 0 Å². The number of hydrogen-bond donors (Lipinski definition) is 3. The number of aromatic amines is 1. The Balaban J connectivity index is 1.23. The molecular formula is C23H20F4N6O. The van der Waals surface area contributed by atoms with Crippen LogP contribution in [0.4, 0.5) is 29.3 Å². The molecule has 4 aromatic rings. The van der Waals surface area contributed by atoms with Crippen LogP contribution in [-0.4, -0.2) is 38.4 Å². The highest BCUT2D eigenvalue weighted by atomic mass is 19.4. The van der Waals surface area contributed by atoms with Crippen molar-refractivity contribution in [3.05, 3.63) is 60.7 Å². The van der Waals surface area contributed by atoms with Crippen LogP contribution in [0.1, 0.15) is 19.3 Å². The van der Waals surface area contributed by atoms with Crippen LogP contribution in [0, 0.1) is 5.82 Å². The van der Waals surface area contributed by atoms with Gasteiger partial charge >= 0.3 is 6.36 Å². The summed E-state index contributed by atoms with van der Waals surface area (Å²) in [6.07, 6.45) is 0.741. The number of halogens is 4. The lowest BCUT2D eigenvalue weighted by Gasteiger charge is -2.16. The average molecular weight is 472 g/mol. The number of fused-ring (bicyclic) bond motifs is 1. The van der Waals surface area contributed by atoms with E-state index in [0.717, 1.165) is 43.0 Å². The number of aromatic nitrogens is 4. The van der Waals surface area contributed by atoms with Gasteiger partial charge in [0.05, 0.1) is 11.1 Å². The summed E-state index contributed by atoms with van der Waals surface area (Å²) in [4.78, 5) is 16.1. The van der Waals surface area contributed by atoms with Crippen LogP contribution >= 0.6 is 0 Å². The predicted octanol–water partition coefficient (Wildman–Crippen LogP) is 5.50. The highest BCUT2D eigenvalue weighted by molar-refractivity contribution is 5.73. The number of H-pyrrole nitrogens is 1. The Morgan fingerprint density at radius 3 is 2.53 bits per heavy atom. The first-order valence-electron chi connectivity index (χ1n) is 10.7. The number of alkyl halides is 3. The van der Waals surface area contributed by atoms with Crippen molar-refractivity contribution in [2.24, 2.45) is 0 Å². The molecule has 7 nitrogen and oxygen atoms in total. The van der Waals surface area contributed by atoms with Gasteiger partial charge in [-0.2, -0.15) is 4.98 Å². The summed E-state index contributed by atoms with van der Waals surface area (Å²) in [5.74, 6) is -0.212. The van der Waals surface area contributed by atoms with E-state index in [1.807, 2.05) is 12.1 Å². The van der Waals surface area contributed by atoms with E-state index >= 15 is 0 Å². The molecule has 0 saturated heterocycles. The maximum absolute atomic E-state index is 14.3. The molecule has 5 rings (SSSR count). The van der Waals surface area contributed by atoms with E-state index in [1.54, 1.807) is 12.3 Å². The molecule has 1 aromatic carbocycles. The van der Waals surface area contributed by atoms with Gasteiger partial charge in [-0.05, 0) is 55.7 Å². The van der Waals surface area contributed by atoms with Gasteiger partial charge in [-0.15, -0.1) is 13.2 Å². The van der Waals surface area contributed by atoms with Gasteiger partial charge < -0.3 is 20.4 Å². The Bertz CT molecular complexity index is 1260. The van der Waals surface area contributed by atoms with Gasteiger partial charge in [0.15, 0.2) is 5.65 Å². The van der Waals surface area contributed by atoms with Gasteiger partial charge in [-0.25, -0.2) is 14.4 Å². The van der Waals surface area contributed by atoms with Crippen molar-refractivity contribution in [3.8, 4) is 16.9 Å². The molecule has 0 radical (unpaired) electrons. The number of hydrogen-bond acceptors (Lipinski definition) is 6. The van der Waals surface area contributed by atoms with Gasteiger partial charge in [-0.1, -0.05) is 6.07 Å². The summed E-state index contributed by atoms with van der Waals surface area (Å²) in [5, 5.41) is 6.72. The summed E-state index contributed by atoms with van der Waals surface area (Å²) in [6.45, 7) is 0. The number of rotatable bonds is 6. The molecule has 11 heteroatoms. The second-order valence-corrected chi connectivity index (χ2v) is 8.05. The molecule has 34 heavy (non-hydrogen) atoms. The van der Waals surface area contributed by atoms with Crippen molar-refractivity contribution in [3.63, 3.8) is 0 Å². The Hall–Kier alpha value is -3.89. The number of nitrogens with one attached hydrogen (secondary N) is 3. The molecule has 3 heterocycles. The molecule has 0 aliphatic heterocycles. The second-order valence-electron chi connectivity index (χ2n) is 8.05. The SMILES string of the molecule is Fc1cccc(OC(F)(F)F)c1-c1ccc(N[C@H]2CC[C@H](Nc3nc4ncccc4[nH]3)C2)nc1. The van der Waals surface area contributed by atoms with Gasteiger partial charge in [-0.3, -0.25) is 0 Å². The van der Waals surface area contributed by atoms with Crippen molar-refractivity contribution in [1.82, 2.24) is 19.9 Å². The molecule has 0 bridgehead atoms. The lowest BCUT2D eigenvalue weighted by molar-refractivity contribution is -0.274.